The highest BCUT2D eigenvalue weighted by atomic mass is 16.5. The van der Waals surface area contributed by atoms with Crippen molar-refractivity contribution < 1.29 is 33.6 Å². The quantitative estimate of drug-likeness (QED) is 0.0791. The number of hydrogen-bond acceptors (Lipinski definition) is 7. The molecule has 0 aliphatic rings. The molecular weight excluding hydrogens is 532 g/mol. The zero-order chi connectivity index (χ0) is 30.0. The van der Waals surface area contributed by atoms with Gasteiger partial charge in [0.15, 0.2) is 0 Å². The van der Waals surface area contributed by atoms with Crippen LogP contribution in [0.15, 0.2) is 97.6 Å². The highest BCUT2D eigenvalue weighted by Gasteiger charge is 2.06. The van der Waals surface area contributed by atoms with Crippen LogP contribution >= 0.6 is 0 Å². The van der Waals surface area contributed by atoms with Gasteiger partial charge in [-0.05, 0) is 72.2 Å². The molecule has 220 valence electrons. The van der Waals surface area contributed by atoms with Crippen molar-refractivity contribution in [1.29, 1.82) is 0 Å². The third kappa shape index (κ3) is 11.5. The molecule has 3 aromatic rings. The number of carbonyl (C=O) groups is 2. The number of benzene rings is 3. The fourth-order valence-electron chi connectivity index (χ4n) is 3.75. The summed E-state index contributed by atoms with van der Waals surface area (Å²) in [5.74, 6) is 0.627. The Morgan fingerprint density at radius 3 is 1.57 bits per heavy atom. The number of aliphatic hydroxyl groups is 1. The second-order valence-corrected chi connectivity index (χ2v) is 9.43. The van der Waals surface area contributed by atoms with Gasteiger partial charge in [0.1, 0.15) is 11.5 Å². The predicted molar refractivity (Wildman–Crippen MR) is 165 cm³/mol. The zero-order valence-electron chi connectivity index (χ0n) is 23.8. The van der Waals surface area contributed by atoms with Crippen LogP contribution in [0, 0.1) is 0 Å². The maximum absolute atomic E-state index is 11.4. The third-order valence-electron chi connectivity index (χ3n) is 6.19. The minimum absolute atomic E-state index is 0.0573. The lowest BCUT2D eigenvalue weighted by Crippen LogP contribution is -2.11. The molecule has 0 bridgehead atoms. The van der Waals surface area contributed by atoms with Crippen molar-refractivity contribution in [2.24, 2.45) is 0 Å². The number of rotatable bonds is 18. The SMILES string of the molecule is C=CC(=O)OCCCCOc1ccc(-c2ccc(/C=C/c3ccc(OCCCCOC(=O)C(=C)CO)cc3)cc2)cc1. The summed E-state index contributed by atoms with van der Waals surface area (Å²) in [5, 5.41) is 8.85. The second kappa shape index (κ2) is 17.9. The fraction of sp³-hybridized carbons (Fsp3) is 0.257. The van der Waals surface area contributed by atoms with Crippen LogP contribution in [0.4, 0.5) is 0 Å². The van der Waals surface area contributed by atoms with Crippen LogP contribution in [-0.2, 0) is 19.1 Å². The smallest absolute Gasteiger partial charge is 0.335 e. The average Bonchev–Trinajstić information content (AvgIpc) is 3.03. The molecule has 0 spiro atoms. The van der Waals surface area contributed by atoms with Gasteiger partial charge in [-0.1, -0.05) is 73.8 Å². The summed E-state index contributed by atoms with van der Waals surface area (Å²) in [7, 11) is 0. The van der Waals surface area contributed by atoms with Crippen molar-refractivity contribution in [3.63, 3.8) is 0 Å². The summed E-state index contributed by atoms with van der Waals surface area (Å²) >= 11 is 0. The largest absolute Gasteiger partial charge is 0.494 e. The summed E-state index contributed by atoms with van der Waals surface area (Å²) in [6.45, 7) is 8.13. The molecule has 0 heterocycles. The minimum Gasteiger partial charge on any atom is -0.494 e. The standard InChI is InChI=1S/C35H38O7/c1-3-34(37)41-24-6-4-22-40-33-20-16-31(17-21-33)30-14-10-28(11-15-30)8-9-29-12-18-32(19-13-29)39-23-5-7-25-42-35(38)27(2)26-36/h3,8-21,36H,1-2,4-7,22-26H2/b9-8+. The number of hydrogen-bond donors (Lipinski definition) is 1. The highest BCUT2D eigenvalue weighted by Crippen LogP contribution is 2.24. The van der Waals surface area contributed by atoms with E-state index in [1.165, 1.54) is 0 Å². The molecule has 0 aliphatic heterocycles. The van der Waals surface area contributed by atoms with E-state index in [0.717, 1.165) is 59.1 Å². The average molecular weight is 571 g/mol. The Labute approximate surface area is 247 Å². The molecule has 7 heteroatoms. The van der Waals surface area contributed by atoms with Gasteiger partial charge in [0.05, 0.1) is 38.6 Å². The Hall–Kier alpha value is -4.62. The number of carbonyl (C=O) groups excluding carboxylic acids is 2. The van der Waals surface area contributed by atoms with Crippen molar-refractivity contribution in [3.8, 4) is 22.6 Å². The fourth-order valence-corrected chi connectivity index (χ4v) is 3.75. The Kier molecular flexibility index (Phi) is 13.6. The summed E-state index contributed by atoms with van der Waals surface area (Å²) in [5.41, 5.74) is 4.45. The first-order valence-corrected chi connectivity index (χ1v) is 14.0. The van der Waals surface area contributed by atoms with Gasteiger partial charge >= 0.3 is 11.9 Å². The van der Waals surface area contributed by atoms with Crippen molar-refractivity contribution >= 4 is 24.1 Å². The molecule has 0 fully saturated rings. The maximum Gasteiger partial charge on any atom is 0.335 e. The molecular formula is C35H38O7. The van der Waals surface area contributed by atoms with Gasteiger partial charge in [-0.2, -0.15) is 0 Å². The molecule has 0 amide bonds. The van der Waals surface area contributed by atoms with Crippen LogP contribution in [0.1, 0.15) is 36.8 Å². The minimum atomic E-state index is -0.564. The van der Waals surface area contributed by atoms with Gasteiger partial charge in [-0.3, -0.25) is 0 Å². The molecule has 42 heavy (non-hydrogen) atoms. The molecule has 0 saturated carbocycles. The molecule has 0 saturated heterocycles. The Morgan fingerprint density at radius 1 is 0.643 bits per heavy atom. The topological polar surface area (TPSA) is 91.3 Å². The summed E-state index contributed by atoms with van der Waals surface area (Å²) in [6, 6.07) is 24.3. The van der Waals surface area contributed by atoms with Gasteiger partial charge in [-0.25, -0.2) is 9.59 Å². The maximum atomic E-state index is 11.4. The van der Waals surface area contributed by atoms with E-state index < -0.39 is 18.5 Å². The Bertz CT molecular complexity index is 1310. The van der Waals surface area contributed by atoms with Crippen LogP contribution in [0.2, 0.25) is 0 Å². The predicted octanol–water partition coefficient (Wildman–Crippen LogP) is 6.66. The lowest BCUT2D eigenvalue weighted by molar-refractivity contribution is -0.140. The van der Waals surface area contributed by atoms with E-state index in [0.29, 0.717) is 26.2 Å². The second-order valence-electron chi connectivity index (χ2n) is 9.43. The first-order valence-electron chi connectivity index (χ1n) is 14.0. The Balaban J connectivity index is 1.37. The van der Waals surface area contributed by atoms with Crippen LogP contribution in [0.5, 0.6) is 11.5 Å². The molecule has 1 N–H and O–H groups in total. The van der Waals surface area contributed by atoms with Gasteiger partial charge in [-0.15, -0.1) is 0 Å². The van der Waals surface area contributed by atoms with Crippen LogP contribution in [0.25, 0.3) is 23.3 Å². The highest BCUT2D eigenvalue weighted by molar-refractivity contribution is 5.87. The van der Waals surface area contributed by atoms with Gasteiger partial charge in [0.2, 0.25) is 0 Å². The number of unbranched alkanes of at least 4 members (excludes halogenated alkanes) is 2. The van der Waals surface area contributed by atoms with E-state index in [9.17, 15) is 9.59 Å². The first kappa shape index (κ1) is 31.9. The van der Waals surface area contributed by atoms with E-state index in [1.54, 1.807) is 0 Å². The molecule has 0 aromatic heterocycles. The summed E-state index contributed by atoms with van der Waals surface area (Å²) < 4.78 is 21.5. The van der Waals surface area contributed by atoms with E-state index in [1.807, 2.05) is 48.5 Å². The lowest BCUT2D eigenvalue weighted by Gasteiger charge is -2.08. The molecule has 0 radical (unpaired) electrons. The first-order chi connectivity index (χ1) is 20.5. The van der Waals surface area contributed by atoms with Gasteiger partial charge < -0.3 is 24.1 Å². The van der Waals surface area contributed by atoms with Gasteiger partial charge in [0, 0.05) is 6.08 Å². The summed E-state index contributed by atoms with van der Waals surface area (Å²) in [4.78, 5) is 22.4. The molecule has 0 aliphatic carbocycles. The summed E-state index contributed by atoms with van der Waals surface area (Å²) in [6.07, 6.45) is 8.24. The Morgan fingerprint density at radius 2 is 1.07 bits per heavy atom. The van der Waals surface area contributed by atoms with Crippen LogP contribution < -0.4 is 9.47 Å². The lowest BCUT2D eigenvalue weighted by atomic mass is 10.0. The monoisotopic (exact) mass is 570 g/mol. The van der Waals surface area contributed by atoms with Crippen LogP contribution in [-0.4, -0.2) is 50.1 Å². The molecule has 3 rings (SSSR count). The van der Waals surface area contributed by atoms with Crippen molar-refractivity contribution in [3.05, 3.63) is 109 Å². The van der Waals surface area contributed by atoms with Gasteiger partial charge in [0.25, 0.3) is 0 Å². The van der Waals surface area contributed by atoms with E-state index >= 15 is 0 Å². The van der Waals surface area contributed by atoms with Crippen molar-refractivity contribution in [2.45, 2.75) is 25.7 Å². The molecule has 0 unspecified atom stereocenters. The normalized spacial score (nSPS) is 10.7. The molecule has 3 aromatic carbocycles. The molecule has 7 nitrogen and oxygen atoms in total. The van der Waals surface area contributed by atoms with Crippen molar-refractivity contribution in [2.75, 3.05) is 33.0 Å². The van der Waals surface area contributed by atoms with E-state index in [-0.39, 0.29) is 12.2 Å². The van der Waals surface area contributed by atoms with E-state index in [4.69, 9.17) is 24.1 Å². The van der Waals surface area contributed by atoms with Crippen LogP contribution in [0.3, 0.4) is 0 Å². The number of esters is 2. The number of aliphatic hydroxyl groups excluding tert-OH is 1. The van der Waals surface area contributed by atoms with E-state index in [2.05, 4.69) is 49.6 Å². The van der Waals surface area contributed by atoms with Crippen molar-refractivity contribution in [1.82, 2.24) is 0 Å². The third-order valence-corrected chi connectivity index (χ3v) is 6.19. The zero-order valence-corrected chi connectivity index (χ0v) is 23.8. The number of ether oxygens (including phenoxy) is 4. The molecule has 0 atom stereocenters.